The molecule has 1 aromatic rings. The molecule has 0 aliphatic heterocycles. The number of nitrogens with zero attached hydrogens (tertiary/aromatic N) is 1. The number of pyridine rings is 1. The van der Waals surface area contributed by atoms with Crippen molar-refractivity contribution in [1.82, 2.24) is 4.98 Å². The highest BCUT2D eigenvalue weighted by Gasteiger charge is 2.17. The maximum absolute atomic E-state index is 5.95. The number of nitrogens with two attached hydrogens (primary N) is 1. The molecular weight excluding hydrogens is 208 g/mol. The third-order valence-corrected chi connectivity index (χ3v) is 3.47. The number of rotatable bonds is 6. The molecule has 0 saturated heterocycles. The number of ether oxygens (including phenoxy) is 1. The minimum absolute atomic E-state index is 0.0988. The van der Waals surface area contributed by atoms with Crippen LogP contribution in [0.25, 0.3) is 0 Å². The Bertz CT molecular complexity index is 267. The van der Waals surface area contributed by atoms with E-state index in [2.05, 4.69) is 4.98 Å². The lowest BCUT2D eigenvalue weighted by Gasteiger charge is -2.19. The maximum atomic E-state index is 5.95. The molecule has 0 aromatic carbocycles. The van der Waals surface area contributed by atoms with Gasteiger partial charge in [-0.15, -0.1) is 11.8 Å². The molecule has 0 amide bonds. The Balaban J connectivity index is 2.58. The molecule has 0 aliphatic carbocycles. The van der Waals surface area contributed by atoms with E-state index in [1.54, 1.807) is 18.9 Å². The lowest BCUT2D eigenvalue weighted by atomic mass is 10.2. The fourth-order valence-corrected chi connectivity index (χ4v) is 2.44. The molecule has 2 N–H and O–H groups in total. The van der Waals surface area contributed by atoms with E-state index in [9.17, 15) is 0 Å². The van der Waals surface area contributed by atoms with Gasteiger partial charge in [0.2, 0.25) is 0 Å². The number of hydrogen-bond donors (Lipinski definition) is 1. The van der Waals surface area contributed by atoms with Gasteiger partial charge in [-0.25, -0.2) is 0 Å². The summed E-state index contributed by atoms with van der Waals surface area (Å²) >= 11 is 1.79. The van der Waals surface area contributed by atoms with Gasteiger partial charge in [0, 0.05) is 25.1 Å². The quantitative estimate of drug-likeness (QED) is 0.752. The molecule has 0 spiro atoms. The molecule has 0 radical (unpaired) electrons. The zero-order chi connectivity index (χ0) is 11.1. The van der Waals surface area contributed by atoms with Gasteiger partial charge >= 0.3 is 0 Å². The van der Waals surface area contributed by atoms with Crippen molar-refractivity contribution in [2.24, 2.45) is 5.73 Å². The first kappa shape index (κ1) is 12.5. The van der Waals surface area contributed by atoms with Crippen molar-refractivity contribution in [3.8, 4) is 0 Å². The summed E-state index contributed by atoms with van der Waals surface area (Å²) in [4.78, 5) is 4.34. The number of aromatic nitrogens is 1. The topological polar surface area (TPSA) is 48.1 Å². The van der Waals surface area contributed by atoms with Gasteiger partial charge in [0.05, 0.1) is 17.6 Å². The van der Waals surface area contributed by atoms with Crippen LogP contribution in [0.1, 0.15) is 17.9 Å². The summed E-state index contributed by atoms with van der Waals surface area (Å²) in [5, 5.41) is 0.251. The van der Waals surface area contributed by atoms with Crippen LogP contribution in [0.3, 0.4) is 0 Å². The summed E-state index contributed by atoms with van der Waals surface area (Å²) in [6.45, 7) is 2.76. The smallest absolute Gasteiger partial charge is 0.0619 e. The fourth-order valence-electron chi connectivity index (χ4n) is 1.31. The van der Waals surface area contributed by atoms with Crippen molar-refractivity contribution < 1.29 is 4.74 Å². The van der Waals surface area contributed by atoms with Crippen LogP contribution in [-0.4, -0.2) is 30.5 Å². The first-order valence-electron chi connectivity index (χ1n) is 5.02. The van der Waals surface area contributed by atoms with Crippen molar-refractivity contribution in [2.45, 2.75) is 18.2 Å². The van der Waals surface area contributed by atoms with Crippen LogP contribution < -0.4 is 5.73 Å². The summed E-state index contributed by atoms with van der Waals surface area (Å²) in [5.74, 6) is 0.944. The van der Waals surface area contributed by atoms with Crippen LogP contribution >= 0.6 is 11.8 Å². The van der Waals surface area contributed by atoms with Crippen molar-refractivity contribution in [3.05, 3.63) is 30.1 Å². The molecule has 84 valence electrons. The Kier molecular flexibility index (Phi) is 5.68. The van der Waals surface area contributed by atoms with E-state index in [-0.39, 0.29) is 11.3 Å². The van der Waals surface area contributed by atoms with Crippen molar-refractivity contribution in [3.63, 3.8) is 0 Å². The van der Waals surface area contributed by atoms with Crippen LogP contribution in [-0.2, 0) is 4.74 Å². The number of thioether (sulfide) groups is 1. The molecule has 0 fully saturated rings. The van der Waals surface area contributed by atoms with E-state index < -0.39 is 0 Å². The zero-order valence-corrected chi connectivity index (χ0v) is 10.0. The van der Waals surface area contributed by atoms with Crippen LogP contribution in [0.15, 0.2) is 24.4 Å². The molecule has 4 heteroatoms. The second kappa shape index (κ2) is 6.82. The monoisotopic (exact) mass is 226 g/mol. The molecule has 1 rings (SSSR count). The van der Waals surface area contributed by atoms with Crippen LogP contribution in [0.2, 0.25) is 0 Å². The van der Waals surface area contributed by atoms with Crippen LogP contribution in [0.4, 0.5) is 0 Å². The average Bonchev–Trinajstić information content (AvgIpc) is 2.25. The van der Waals surface area contributed by atoms with Gasteiger partial charge in [0.1, 0.15) is 0 Å². The predicted octanol–water partition coefficient (Wildman–Crippen LogP) is 1.85. The third kappa shape index (κ3) is 4.20. The van der Waals surface area contributed by atoms with Gasteiger partial charge < -0.3 is 10.5 Å². The standard InChI is InChI=1S/C11H18N2OS/c1-9(12)11(15-8-7-14-2)10-5-3-4-6-13-10/h3-6,9,11H,7-8,12H2,1-2H3. The van der Waals surface area contributed by atoms with Crippen LogP contribution in [0, 0.1) is 0 Å². The SMILES string of the molecule is COCCSC(c1ccccn1)C(C)N. The minimum Gasteiger partial charge on any atom is -0.384 e. The lowest BCUT2D eigenvalue weighted by Crippen LogP contribution is -2.23. The van der Waals surface area contributed by atoms with Gasteiger partial charge in [0.15, 0.2) is 0 Å². The fraction of sp³-hybridized carbons (Fsp3) is 0.545. The maximum Gasteiger partial charge on any atom is 0.0619 e. The summed E-state index contributed by atoms with van der Waals surface area (Å²) in [6, 6.07) is 6.03. The van der Waals surface area contributed by atoms with E-state index in [0.717, 1.165) is 18.1 Å². The molecule has 2 unspecified atom stereocenters. The normalized spacial score (nSPS) is 14.9. The predicted molar refractivity (Wildman–Crippen MR) is 65.0 cm³/mol. The molecule has 2 atom stereocenters. The van der Waals surface area contributed by atoms with Crippen LogP contribution in [0.5, 0.6) is 0 Å². The molecular formula is C11H18N2OS. The molecule has 1 aromatic heterocycles. The van der Waals surface area contributed by atoms with Gasteiger partial charge in [-0.05, 0) is 19.1 Å². The van der Waals surface area contributed by atoms with E-state index in [0.29, 0.717) is 0 Å². The average molecular weight is 226 g/mol. The Morgan fingerprint density at radius 3 is 2.87 bits per heavy atom. The second-order valence-electron chi connectivity index (χ2n) is 3.40. The Labute approximate surface area is 95.4 Å². The van der Waals surface area contributed by atoms with Crippen molar-refractivity contribution in [1.29, 1.82) is 0 Å². The highest BCUT2D eigenvalue weighted by molar-refractivity contribution is 7.99. The Morgan fingerprint density at radius 1 is 1.53 bits per heavy atom. The summed E-state index contributed by atoms with van der Waals surface area (Å²) in [7, 11) is 1.71. The third-order valence-electron chi connectivity index (χ3n) is 2.04. The van der Waals surface area contributed by atoms with E-state index in [4.69, 9.17) is 10.5 Å². The summed E-state index contributed by atoms with van der Waals surface area (Å²) in [5.41, 5.74) is 7.00. The van der Waals surface area contributed by atoms with E-state index >= 15 is 0 Å². The molecule has 0 aliphatic rings. The molecule has 1 heterocycles. The van der Waals surface area contributed by atoms with Gasteiger partial charge in [0.25, 0.3) is 0 Å². The number of hydrogen-bond acceptors (Lipinski definition) is 4. The first-order chi connectivity index (χ1) is 7.25. The first-order valence-corrected chi connectivity index (χ1v) is 6.07. The minimum atomic E-state index is 0.0988. The van der Waals surface area contributed by atoms with E-state index in [1.165, 1.54) is 0 Å². The highest BCUT2D eigenvalue weighted by atomic mass is 32.2. The largest absolute Gasteiger partial charge is 0.384 e. The highest BCUT2D eigenvalue weighted by Crippen LogP contribution is 2.29. The molecule has 3 nitrogen and oxygen atoms in total. The van der Waals surface area contributed by atoms with Gasteiger partial charge in [-0.3, -0.25) is 4.98 Å². The van der Waals surface area contributed by atoms with Gasteiger partial charge in [-0.1, -0.05) is 6.07 Å². The zero-order valence-electron chi connectivity index (χ0n) is 9.22. The Morgan fingerprint density at radius 2 is 2.33 bits per heavy atom. The van der Waals surface area contributed by atoms with Crippen molar-refractivity contribution >= 4 is 11.8 Å². The second-order valence-corrected chi connectivity index (χ2v) is 4.65. The molecule has 15 heavy (non-hydrogen) atoms. The lowest BCUT2D eigenvalue weighted by molar-refractivity contribution is 0.218. The molecule has 0 saturated carbocycles. The number of methoxy groups -OCH3 is 1. The van der Waals surface area contributed by atoms with E-state index in [1.807, 2.05) is 31.3 Å². The van der Waals surface area contributed by atoms with Gasteiger partial charge in [-0.2, -0.15) is 0 Å². The summed E-state index contributed by atoms with van der Waals surface area (Å²) < 4.78 is 5.03. The van der Waals surface area contributed by atoms with Crippen molar-refractivity contribution in [2.75, 3.05) is 19.5 Å². The summed E-state index contributed by atoms with van der Waals surface area (Å²) in [6.07, 6.45) is 1.81. The molecule has 0 bridgehead atoms. The Hall–Kier alpha value is -0.580.